The molecule has 1 aliphatic carbocycles. The Balaban J connectivity index is 1.64. The number of ether oxygens (including phenoxy) is 2. The summed E-state index contributed by atoms with van der Waals surface area (Å²) < 4.78 is 11.7. The lowest BCUT2D eigenvalue weighted by Crippen LogP contribution is -2.54. The Morgan fingerprint density at radius 1 is 1.57 bits per heavy atom. The molecule has 2 fully saturated rings. The third-order valence-electron chi connectivity index (χ3n) is 4.22. The average Bonchev–Trinajstić information content (AvgIpc) is 3.14. The first-order valence-corrected chi connectivity index (χ1v) is 8.38. The van der Waals surface area contributed by atoms with E-state index in [9.17, 15) is 4.79 Å². The first-order chi connectivity index (χ1) is 10.3. The summed E-state index contributed by atoms with van der Waals surface area (Å²) in [4.78, 5) is 14.5. The highest BCUT2D eigenvalue weighted by Crippen LogP contribution is 2.32. The van der Waals surface area contributed by atoms with E-state index in [1.54, 1.807) is 17.4 Å². The molecule has 5 heteroatoms. The molecule has 0 unspecified atom stereocenters. The standard InChI is InChI=1S/C16H21NO3S/c1-2-7-19-14-4-3-13-16(14)20-8-6-17(13)15(18)10-12-5-9-21-11-12/h2,5,9,11,13-14,16H,1,3-4,6-8,10H2/t13-,14-,16+/m1/s1. The molecule has 0 spiro atoms. The van der Waals surface area contributed by atoms with Crippen LogP contribution in [0.2, 0.25) is 0 Å². The first kappa shape index (κ1) is 14.8. The normalized spacial score (nSPS) is 28.4. The minimum absolute atomic E-state index is 0.0186. The van der Waals surface area contributed by atoms with Crippen LogP contribution in [0.25, 0.3) is 0 Å². The van der Waals surface area contributed by atoms with Gasteiger partial charge in [0.1, 0.15) is 6.10 Å². The first-order valence-electron chi connectivity index (χ1n) is 7.44. The van der Waals surface area contributed by atoms with E-state index in [0.29, 0.717) is 26.2 Å². The number of rotatable bonds is 5. The maximum Gasteiger partial charge on any atom is 0.227 e. The maximum absolute atomic E-state index is 12.5. The Hall–Kier alpha value is -1.17. The van der Waals surface area contributed by atoms with Crippen LogP contribution in [0.3, 0.4) is 0 Å². The largest absolute Gasteiger partial charge is 0.372 e. The molecule has 2 aliphatic rings. The van der Waals surface area contributed by atoms with E-state index in [-0.39, 0.29) is 24.2 Å². The fraction of sp³-hybridized carbons (Fsp3) is 0.562. The van der Waals surface area contributed by atoms with Gasteiger partial charge in [-0.15, -0.1) is 6.58 Å². The lowest BCUT2D eigenvalue weighted by molar-refractivity contribution is -0.150. The Kier molecular flexibility index (Phi) is 4.73. The minimum Gasteiger partial charge on any atom is -0.372 e. The third-order valence-corrected chi connectivity index (χ3v) is 4.95. The Morgan fingerprint density at radius 3 is 3.24 bits per heavy atom. The van der Waals surface area contributed by atoms with Crippen molar-refractivity contribution in [2.45, 2.75) is 37.5 Å². The van der Waals surface area contributed by atoms with Crippen molar-refractivity contribution in [1.82, 2.24) is 4.90 Å². The van der Waals surface area contributed by atoms with E-state index in [0.717, 1.165) is 18.4 Å². The van der Waals surface area contributed by atoms with Crippen molar-refractivity contribution in [1.29, 1.82) is 0 Å². The summed E-state index contributed by atoms with van der Waals surface area (Å²) in [5.41, 5.74) is 1.10. The van der Waals surface area contributed by atoms with Crippen molar-refractivity contribution in [2.24, 2.45) is 0 Å². The van der Waals surface area contributed by atoms with E-state index in [1.165, 1.54) is 0 Å². The van der Waals surface area contributed by atoms with Gasteiger partial charge in [0.15, 0.2) is 0 Å². The number of hydrogen-bond acceptors (Lipinski definition) is 4. The summed E-state index contributed by atoms with van der Waals surface area (Å²) in [7, 11) is 0. The van der Waals surface area contributed by atoms with Crippen molar-refractivity contribution in [3.8, 4) is 0 Å². The molecule has 1 saturated carbocycles. The van der Waals surface area contributed by atoms with E-state index in [1.807, 2.05) is 21.7 Å². The van der Waals surface area contributed by atoms with Gasteiger partial charge in [-0.05, 0) is 35.2 Å². The van der Waals surface area contributed by atoms with E-state index < -0.39 is 0 Å². The average molecular weight is 307 g/mol. The van der Waals surface area contributed by atoms with Gasteiger partial charge in [-0.25, -0.2) is 0 Å². The number of carbonyl (C=O) groups is 1. The predicted octanol–water partition coefficient (Wildman–Crippen LogP) is 2.25. The molecule has 1 aliphatic heterocycles. The molecule has 0 aromatic carbocycles. The molecule has 114 valence electrons. The Labute approximate surface area is 129 Å². The monoisotopic (exact) mass is 307 g/mol. The highest BCUT2D eigenvalue weighted by Gasteiger charge is 2.44. The predicted molar refractivity (Wildman–Crippen MR) is 82.4 cm³/mol. The van der Waals surface area contributed by atoms with Gasteiger partial charge >= 0.3 is 0 Å². The molecule has 0 N–H and O–H groups in total. The van der Waals surface area contributed by atoms with Gasteiger partial charge in [-0.1, -0.05) is 6.08 Å². The van der Waals surface area contributed by atoms with Crippen LogP contribution in [0.4, 0.5) is 0 Å². The fourth-order valence-electron chi connectivity index (χ4n) is 3.26. The van der Waals surface area contributed by atoms with Gasteiger partial charge in [-0.3, -0.25) is 4.79 Å². The van der Waals surface area contributed by atoms with Crippen molar-refractivity contribution in [3.05, 3.63) is 35.0 Å². The van der Waals surface area contributed by atoms with Crippen LogP contribution in [0.15, 0.2) is 29.5 Å². The maximum atomic E-state index is 12.5. The Bertz CT molecular complexity index is 488. The van der Waals surface area contributed by atoms with E-state index >= 15 is 0 Å². The number of fused-ring (bicyclic) bond motifs is 1. The molecule has 1 saturated heterocycles. The SMILES string of the molecule is C=CCO[C@@H]1CC[C@@H]2[C@@H]1OCCN2C(=O)Cc1ccsc1. The van der Waals surface area contributed by atoms with Crippen molar-refractivity contribution >= 4 is 17.2 Å². The summed E-state index contributed by atoms with van der Waals surface area (Å²) in [6.07, 6.45) is 4.27. The number of amides is 1. The molecule has 4 nitrogen and oxygen atoms in total. The van der Waals surface area contributed by atoms with Gasteiger partial charge in [0.25, 0.3) is 0 Å². The lowest BCUT2D eigenvalue weighted by atomic mass is 10.1. The second-order valence-electron chi connectivity index (χ2n) is 5.54. The minimum atomic E-state index is 0.0186. The quantitative estimate of drug-likeness (QED) is 0.783. The highest BCUT2D eigenvalue weighted by molar-refractivity contribution is 7.07. The van der Waals surface area contributed by atoms with Crippen LogP contribution >= 0.6 is 11.3 Å². The number of nitrogens with zero attached hydrogens (tertiary/aromatic N) is 1. The topological polar surface area (TPSA) is 38.8 Å². The molecule has 1 aromatic rings. The van der Waals surface area contributed by atoms with Crippen LogP contribution in [0.5, 0.6) is 0 Å². The summed E-state index contributed by atoms with van der Waals surface area (Å²) in [6.45, 7) is 5.52. The van der Waals surface area contributed by atoms with Crippen LogP contribution in [0, 0.1) is 0 Å². The molecular weight excluding hydrogens is 286 g/mol. The number of morpholine rings is 1. The molecule has 1 amide bonds. The van der Waals surface area contributed by atoms with Gasteiger partial charge < -0.3 is 14.4 Å². The van der Waals surface area contributed by atoms with E-state index in [2.05, 4.69) is 6.58 Å². The number of hydrogen-bond donors (Lipinski definition) is 0. The summed E-state index contributed by atoms with van der Waals surface area (Å²) in [6, 6.07) is 2.19. The van der Waals surface area contributed by atoms with Crippen LogP contribution in [-0.2, 0) is 20.7 Å². The number of thiophene rings is 1. The zero-order valence-corrected chi connectivity index (χ0v) is 12.9. The summed E-state index contributed by atoms with van der Waals surface area (Å²) in [5, 5.41) is 4.06. The second-order valence-corrected chi connectivity index (χ2v) is 6.32. The molecule has 1 aromatic heterocycles. The van der Waals surface area contributed by atoms with Crippen molar-refractivity contribution in [2.75, 3.05) is 19.8 Å². The zero-order chi connectivity index (χ0) is 14.7. The van der Waals surface area contributed by atoms with E-state index in [4.69, 9.17) is 9.47 Å². The van der Waals surface area contributed by atoms with Crippen molar-refractivity contribution < 1.29 is 14.3 Å². The van der Waals surface area contributed by atoms with Crippen LogP contribution in [-0.4, -0.2) is 48.8 Å². The summed E-state index contributed by atoms with van der Waals surface area (Å²) in [5.74, 6) is 0.205. The molecular formula is C16H21NO3S. The van der Waals surface area contributed by atoms with Crippen LogP contribution in [0.1, 0.15) is 18.4 Å². The Morgan fingerprint density at radius 2 is 2.48 bits per heavy atom. The van der Waals surface area contributed by atoms with Crippen LogP contribution < -0.4 is 0 Å². The molecule has 0 radical (unpaired) electrons. The molecule has 0 bridgehead atoms. The molecule has 21 heavy (non-hydrogen) atoms. The van der Waals surface area contributed by atoms with Gasteiger partial charge in [0.05, 0.1) is 31.8 Å². The van der Waals surface area contributed by atoms with Gasteiger partial charge in [0.2, 0.25) is 5.91 Å². The van der Waals surface area contributed by atoms with Crippen molar-refractivity contribution in [3.63, 3.8) is 0 Å². The molecule has 3 rings (SSSR count). The molecule has 3 atom stereocenters. The fourth-order valence-corrected chi connectivity index (χ4v) is 3.93. The third kappa shape index (κ3) is 3.20. The number of carbonyl (C=O) groups excluding carboxylic acids is 1. The molecule has 2 heterocycles. The summed E-state index contributed by atoms with van der Waals surface area (Å²) >= 11 is 1.63. The van der Waals surface area contributed by atoms with Gasteiger partial charge in [0, 0.05) is 6.54 Å². The highest BCUT2D eigenvalue weighted by atomic mass is 32.1. The second kappa shape index (κ2) is 6.73. The zero-order valence-electron chi connectivity index (χ0n) is 12.1. The smallest absolute Gasteiger partial charge is 0.227 e. The van der Waals surface area contributed by atoms with Gasteiger partial charge in [-0.2, -0.15) is 11.3 Å². The lowest BCUT2D eigenvalue weighted by Gasteiger charge is -2.39.